The number of anilines is 1. The van der Waals surface area contributed by atoms with Gasteiger partial charge in [-0.2, -0.15) is 0 Å². The van der Waals surface area contributed by atoms with Crippen molar-refractivity contribution in [3.05, 3.63) is 90.1 Å². The largest absolute Gasteiger partial charge is 0.463 e. The zero-order valence-electron chi connectivity index (χ0n) is 16.2. The van der Waals surface area contributed by atoms with Crippen molar-refractivity contribution in [2.45, 2.75) is 6.04 Å². The minimum absolute atomic E-state index is 0.0603. The topological polar surface area (TPSA) is 53.3 Å². The molecule has 2 heterocycles. The Hall–Kier alpha value is -3.12. The number of para-hydroxylation sites is 1. The van der Waals surface area contributed by atoms with Gasteiger partial charge in [0, 0.05) is 31.7 Å². The molecule has 0 radical (unpaired) electrons. The van der Waals surface area contributed by atoms with Gasteiger partial charge in [-0.25, -0.2) is 4.39 Å². The maximum absolute atomic E-state index is 14.0. The second-order valence-corrected chi connectivity index (χ2v) is 7.16. The van der Waals surface area contributed by atoms with Crippen molar-refractivity contribution in [2.24, 2.45) is 0 Å². The summed E-state index contributed by atoms with van der Waals surface area (Å²) in [5, 5.41) is 2.01. The summed E-state index contributed by atoms with van der Waals surface area (Å²) in [6, 6.07) is 20.6. The van der Waals surface area contributed by atoms with Gasteiger partial charge in [-0.15, -0.1) is 0 Å². The average Bonchev–Trinajstić information content (AvgIpc) is 3.30. The highest BCUT2D eigenvalue weighted by molar-refractivity contribution is 5.77. The van der Waals surface area contributed by atoms with E-state index in [-0.39, 0.29) is 17.8 Å². The van der Waals surface area contributed by atoms with Gasteiger partial charge in [0.05, 0.1) is 12.0 Å². The van der Waals surface area contributed by atoms with Crippen molar-refractivity contribution in [1.82, 2.24) is 4.90 Å². The van der Waals surface area contributed by atoms with E-state index in [1.54, 1.807) is 18.4 Å². The Bertz CT molecular complexity index is 922. The van der Waals surface area contributed by atoms with Crippen molar-refractivity contribution in [1.29, 1.82) is 0 Å². The lowest BCUT2D eigenvalue weighted by Gasteiger charge is -2.36. The fourth-order valence-electron chi connectivity index (χ4n) is 3.80. The van der Waals surface area contributed by atoms with Gasteiger partial charge in [-0.3, -0.25) is 4.79 Å². The van der Waals surface area contributed by atoms with Gasteiger partial charge in [0.2, 0.25) is 0 Å². The second kappa shape index (κ2) is 8.92. The number of furan rings is 1. The fraction of sp³-hybridized carbons (Fsp3) is 0.261. The highest BCUT2D eigenvalue weighted by Gasteiger charge is 2.26. The van der Waals surface area contributed by atoms with E-state index in [9.17, 15) is 9.18 Å². The lowest BCUT2D eigenvalue weighted by molar-refractivity contribution is -0.679. The van der Waals surface area contributed by atoms with E-state index in [0.717, 1.165) is 11.3 Å². The van der Waals surface area contributed by atoms with Crippen LogP contribution in [0.25, 0.3) is 0 Å². The van der Waals surface area contributed by atoms with Crippen LogP contribution >= 0.6 is 0 Å². The number of hydrogen-bond acceptors (Lipinski definition) is 3. The normalized spacial score (nSPS) is 15.3. The van der Waals surface area contributed by atoms with Crippen LogP contribution in [-0.2, 0) is 4.79 Å². The summed E-state index contributed by atoms with van der Waals surface area (Å²) in [7, 11) is 0. The molecule has 2 N–H and O–H groups in total. The quantitative estimate of drug-likeness (QED) is 0.699. The Labute approximate surface area is 169 Å². The molecule has 1 atom stereocenters. The summed E-state index contributed by atoms with van der Waals surface area (Å²) in [4.78, 5) is 16.6. The number of hydrogen-bond donors (Lipinski definition) is 1. The monoisotopic (exact) mass is 394 g/mol. The van der Waals surface area contributed by atoms with Gasteiger partial charge in [-0.1, -0.05) is 42.5 Å². The first-order valence-electron chi connectivity index (χ1n) is 9.91. The lowest BCUT2D eigenvalue weighted by Crippen LogP contribution is -2.88. The minimum atomic E-state index is -0.218. The van der Waals surface area contributed by atoms with E-state index >= 15 is 0 Å². The summed E-state index contributed by atoms with van der Waals surface area (Å²) in [6.07, 6.45) is 1.66. The van der Waals surface area contributed by atoms with Gasteiger partial charge >= 0.3 is 0 Å². The molecule has 1 aromatic heterocycles. The molecule has 1 saturated heterocycles. The molecule has 0 aliphatic carbocycles. The molecular weight excluding hydrogens is 369 g/mol. The van der Waals surface area contributed by atoms with Crippen molar-refractivity contribution in [3.8, 4) is 0 Å². The summed E-state index contributed by atoms with van der Waals surface area (Å²) < 4.78 is 19.6. The summed E-state index contributed by atoms with van der Waals surface area (Å²) in [5.41, 5.74) is 1.70. The molecule has 150 valence electrons. The number of rotatable bonds is 6. The summed E-state index contributed by atoms with van der Waals surface area (Å²) >= 11 is 0. The Morgan fingerprint density at radius 3 is 2.38 bits per heavy atom. The number of halogens is 1. The average molecular weight is 394 g/mol. The molecule has 3 aromatic rings. The molecule has 29 heavy (non-hydrogen) atoms. The molecule has 1 aliphatic rings. The van der Waals surface area contributed by atoms with Crippen LogP contribution in [-0.4, -0.2) is 43.5 Å². The highest BCUT2D eigenvalue weighted by atomic mass is 19.1. The predicted molar refractivity (Wildman–Crippen MR) is 109 cm³/mol. The third kappa shape index (κ3) is 4.49. The third-order valence-electron chi connectivity index (χ3n) is 5.36. The molecule has 0 saturated carbocycles. The smallest absolute Gasteiger partial charge is 0.277 e. The fourth-order valence-corrected chi connectivity index (χ4v) is 3.80. The van der Waals surface area contributed by atoms with Crippen LogP contribution in [0.5, 0.6) is 0 Å². The molecule has 5 nitrogen and oxygen atoms in total. The first kappa shape index (κ1) is 19.2. The van der Waals surface area contributed by atoms with Crippen molar-refractivity contribution >= 4 is 11.6 Å². The zero-order chi connectivity index (χ0) is 20.1. The first-order valence-corrected chi connectivity index (χ1v) is 9.91. The zero-order valence-corrected chi connectivity index (χ0v) is 16.2. The van der Waals surface area contributed by atoms with Gasteiger partial charge in [0.15, 0.2) is 18.3 Å². The molecule has 0 unspecified atom stereocenters. The summed E-state index contributed by atoms with van der Waals surface area (Å²) in [6.45, 7) is 2.79. The van der Waals surface area contributed by atoms with Gasteiger partial charge in [0.1, 0.15) is 5.82 Å². The Morgan fingerprint density at radius 1 is 0.966 bits per heavy atom. The molecule has 0 spiro atoms. The molecular formula is C23H25FN3O2+. The van der Waals surface area contributed by atoms with Gasteiger partial charge in [0.25, 0.3) is 5.91 Å². The molecule has 1 fully saturated rings. The van der Waals surface area contributed by atoms with Crippen molar-refractivity contribution in [3.63, 3.8) is 0 Å². The number of nitrogens with two attached hydrogens (primary N) is 1. The number of amides is 1. The second-order valence-electron chi connectivity index (χ2n) is 7.16. The number of carbonyl (C=O) groups excluding carboxylic acids is 1. The van der Waals surface area contributed by atoms with E-state index in [2.05, 4.69) is 0 Å². The van der Waals surface area contributed by atoms with Crippen LogP contribution in [0.2, 0.25) is 0 Å². The van der Waals surface area contributed by atoms with Crippen LogP contribution in [0.1, 0.15) is 17.4 Å². The minimum Gasteiger partial charge on any atom is -0.463 e. The number of nitrogens with zero attached hydrogens (tertiary/aromatic N) is 2. The molecule has 4 rings (SSSR count). The van der Waals surface area contributed by atoms with Gasteiger partial charge in [-0.05, 0) is 24.3 Å². The maximum atomic E-state index is 14.0. The van der Waals surface area contributed by atoms with Crippen LogP contribution in [0.3, 0.4) is 0 Å². The van der Waals surface area contributed by atoms with Crippen LogP contribution < -0.4 is 10.2 Å². The Balaban J connectivity index is 1.35. The van der Waals surface area contributed by atoms with Crippen molar-refractivity contribution in [2.75, 3.05) is 37.6 Å². The maximum Gasteiger partial charge on any atom is 0.277 e. The standard InChI is InChI=1S/C23H24FN3O2/c24-19-9-4-5-10-20(19)26-12-14-27(15-13-26)22(28)17-25-23(21-11-6-16-29-21)18-7-2-1-3-8-18/h1-11,16,23,25H,12-15,17H2/p+1/t23-/m1/s1. The van der Waals surface area contributed by atoms with Crippen LogP contribution in [0.4, 0.5) is 10.1 Å². The Kier molecular flexibility index (Phi) is 5.91. The number of carbonyl (C=O) groups is 1. The molecule has 1 amide bonds. The summed E-state index contributed by atoms with van der Waals surface area (Å²) in [5.74, 6) is 0.698. The van der Waals surface area contributed by atoms with E-state index in [1.807, 2.05) is 63.6 Å². The van der Waals surface area contributed by atoms with Crippen LogP contribution in [0.15, 0.2) is 77.4 Å². The Morgan fingerprint density at radius 2 is 1.69 bits per heavy atom. The third-order valence-corrected chi connectivity index (χ3v) is 5.36. The van der Waals surface area contributed by atoms with E-state index in [1.165, 1.54) is 6.07 Å². The molecule has 0 bridgehead atoms. The molecule has 2 aromatic carbocycles. The van der Waals surface area contributed by atoms with E-state index in [4.69, 9.17) is 4.42 Å². The number of quaternary nitrogens is 1. The van der Waals surface area contributed by atoms with E-state index in [0.29, 0.717) is 38.4 Å². The molecule has 1 aliphatic heterocycles. The molecule has 6 heteroatoms. The SMILES string of the molecule is O=C(C[NH2+][C@H](c1ccccc1)c1ccco1)N1CCN(c2ccccc2F)CC1. The number of piperazine rings is 1. The van der Waals surface area contributed by atoms with Gasteiger partial charge < -0.3 is 19.5 Å². The predicted octanol–water partition coefficient (Wildman–Crippen LogP) is 2.42. The van der Waals surface area contributed by atoms with Crippen LogP contribution in [0, 0.1) is 5.82 Å². The van der Waals surface area contributed by atoms with E-state index < -0.39 is 0 Å². The lowest BCUT2D eigenvalue weighted by atomic mass is 10.0. The highest BCUT2D eigenvalue weighted by Crippen LogP contribution is 2.20. The van der Waals surface area contributed by atoms with Crippen molar-refractivity contribution < 1.29 is 18.9 Å². The first-order chi connectivity index (χ1) is 14.2. The number of benzene rings is 2.